The van der Waals surface area contributed by atoms with Crippen LogP contribution in [0.4, 0.5) is 8.78 Å². The van der Waals surface area contributed by atoms with Gasteiger partial charge in [0.25, 0.3) is 0 Å². The Hall–Kier alpha value is -3.25. The SMILES string of the molecule is CC(NCc1ccc(OCc2ccccc2F)c(Cc2cccc(F)c2)c1)C(N)=O. The number of halogens is 2. The largest absolute Gasteiger partial charge is 0.489 e. The average Bonchev–Trinajstić information content (AvgIpc) is 2.72. The van der Waals surface area contributed by atoms with E-state index in [4.69, 9.17) is 10.5 Å². The van der Waals surface area contributed by atoms with Crippen molar-refractivity contribution >= 4 is 5.91 Å². The molecule has 1 unspecified atom stereocenters. The summed E-state index contributed by atoms with van der Waals surface area (Å²) in [7, 11) is 0. The van der Waals surface area contributed by atoms with Crippen molar-refractivity contribution in [2.45, 2.75) is 32.5 Å². The number of carbonyl (C=O) groups excluding carboxylic acids is 1. The van der Waals surface area contributed by atoms with Crippen LogP contribution in [-0.4, -0.2) is 11.9 Å². The van der Waals surface area contributed by atoms with Crippen molar-refractivity contribution in [3.63, 3.8) is 0 Å². The molecule has 1 amide bonds. The number of hydrogen-bond acceptors (Lipinski definition) is 3. The first-order valence-corrected chi connectivity index (χ1v) is 9.67. The number of carbonyl (C=O) groups is 1. The van der Waals surface area contributed by atoms with Crippen LogP contribution in [0.15, 0.2) is 66.7 Å². The quantitative estimate of drug-likeness (QED) is 0.558. The van der Waals surface area contributed by atoms with Crippen molar-refractivity contribution in [1.29, 1.82) is 0 Å². The molecule has 30 heavy (non-hydrogen) atoms. The molecule has 0 aliphatic rings. The highest BCUT2D eigenvalue weighted by atomic mass is 19.1. The van der Waals surface area contributed by atoms with Crippen LogP contribution in [0, 0.1) is 11.6 Å². The van der Waals surface area contributed by atoms with Crippen LogP contribution in [0.25, 0.3) is 0 Å². The van der Waals surface area contributed by atoms with E-state index in [0.29, 0.717) is 24.3 Å². The van der Waals surface area contributed by atoms with Crippen LogP contribution >= 0.6 is 0 Å². The number of hydrogen-bond donors (Lipinski definition) is 2. The van der Waals surface area contributed by atoms with Gasteiger partial charge in [-0.25, -0.2) is 8.78 Å². The molecule has 0 saturated heterocycles. The van der Waals surface area contributed by atoms with E-state index >= 15 is 0 Å². The van der Waals surface area contributed by atoms with E-state index in [1.54, 1.807) is 37.3 Å². The van der Waals surface area contributed by atoms with Crippen LogP contribution in [0.1, 0.15) is 29.2 Å². The van der Waals surface area contributed by atoms with Gasteiger partial charge in [-0.3, -0.25) is 4.79 Å². The van der Waals surface area contributed by atoms with Crippen LogP contribution in [0.2, 0.25) is 0 Å². The predicted octanol–water partition coefficient (Wildman–Crippen LogP) is 4.10. The molecule has 0 aliphatic heterocycles. The molecule has 0 heterocycles. The van der Waals surface area contributed by atoms with E-state index in [9.17, 15) is 13.6 Å². The predicted molar refractivity (Wildman–Crippen MR) is 112 cm³/mol. The van der Waals surface area contributed by atoms with Crippen molar-refractivity contribution in [2.24, 2.45) is 5.73 Å². The molecule has 4 nitrogen and oxygen atoms in total. The van der Waals surface area contributed by atoms with E-state index in [1.165, 1.54) is 18.2 Å². The Labute approximate surface area is 174 Å². The van der Waals surface area contributed by atoms with Gasteiger partial charge in [0.15, 0.2) is 0 Å². The molecular formula is C24H24F2N2O2. The fraction of sp³-hybridized carbons (Fsp3) is 0.208. The number of benzene rings is 3. The highest BCUT2D eigenvalue weighted by Gasteiger charge is 2.11. The van der Waals surface area contributed by atoms with Crippen molar-refractivity contribution in [1.82, 2.24) is 5.32 Å². The maximum atomic E-state index is 13.9. The highest BCUT2D eigenvalue weighted by molar-refractivity contribution is 5.79. The molecule has 0 fully saturated rings. The van der Waals surface area contributed by atoms with Gasteiger partial charge >= 0.3 is 0 Å². The zero-order valence-electron chi connectivity index (χ0n) is 16.7. The van der Waals surface area contributed by atoms with Crippen LogP contribution in [-0.2, 0) is 24.4 Å². The standard InChI is InChI=1S/C24H24F2N2O2/c1-16(24(27)29)28-14-18-9-10-23(30-15-19-6-2-3-8-22(19)26)20(12-18)11-17-5-4-7-21(25)13-17/h2-10,12-13,16,28H,11,14-15H2,1H3,(H2,27,29). The molecule has 0 bridgehead atoms. The minimum atomic E-state index is -0.464. The molecule has 6 heteroatoms. The van der Waals surface area contributed by atoms with Crippen LogP contribution in [0.3, 0.4) is 0 Å². The fourth-order valence-electron chi connectivity index (χ4n) is 3.03. The molecule has 3 N–H and O–H groups in total. The van der Waals surface area contributed by atoms with E-state index in [1.807, 2.05) is 18.2 Å². The summed E-state index contributed by atoms with van der Waals surface area (Å²) < 4.78 is 33.4. The first-order valence-electron chi connectivity index (χ1n) is 9.67. The maximum Gasteiger partial charge on any atom is 0.234 e. The van der Waals surface area contributed by atoms with Gasteiger partial charge in [-0.15, -0.1) is 0 Å². The molecule has 0 radical (unpaired) electrons. The van der Waals surface area contributed by atoms with Crippen LogP contribution < -0.4 is 15.8 Å². The molecule has 3 rings (SSSR count). The third kappa shape index (κ3) is 5.87. The number of ether oxygens (including phenoxy) is 1. The number of nitrogens with one attached hydrogen (secondary N) is 1. The zero-order chi connectivity index (χ0) is 21.5. The second-order valence-corrected chi connectivity index (χ2v) is 7.13. The summed E-state index contributed by atoms with van der Waals surface area (Å²) in [6.07, 6.45) is 0.448. The van der Waals surface area contributed by atoms with E-state index < -0.39 is 11.9 Å². The molecule has 1 atom stereocenters. The summed E-state index contributed by atoms with van der Waals surface area (Å²) in [6, 6.07) is 17.9. The number of primary amides is 1. The second kappa shape index (κ2) is 9.98. The molecule has 3 aromatic rings. The number of amides is 1. The van der Waals surface area contributed by atoms with E-state index in [0.717, 1.165) is 16.7 Å². The van der Waals surface area contributed by atoms with Crippen molar-refractivity contribution in [3.8, 4) is 5.75 Å². The third-order valence-corrected chi connectivity index (χ3v) is 4.79. The van der Waals surface area contributed by atoms with Crippen molar-refractivity contribution in [2.75, 3.05) is 0 Å². The van der Waals surface area contributed by atoms with Crippen LogP contribution in [0.5, 0.6) is 5.75 Å². The van der Waals surface area contributed by atoms with E-state index in [2.05, 4.69) is 5.32 Å². The normalized spacial score (nSPS) is 11.8. The lowest BCUT2D eigenvalue weighted by molar-refractivity contribution is -0.119. The van der Waals surface area contributed by atoms with Gasteiger partial charge in [-0.1, -0.05) is 42.5 Å². The van der Waals surface area contributed by atoms with Crippen molar-refractivity contribution in [3.05, 3.63) is 101 Å². The van der Waals surface area contributed by atoms with Crippen molar-refractivity contribution < 1.29 is 18.3 Å². The second-order valence-electron chi connectivity index (χ2n) is 7.13. The lowest BCUT2D eigenvalue weighted by atomic mass is 10.0. The molecular weight excluding hydrogens is 386 g/mol. The summed E-state index contributed by atoms with van der Waals surface area (Å²) in [4.78, 5) is 11.2. The Morgan fingerprint density at radius 1 is 1.00 bits per heavy atom. The first-order chi connectivity index (χ1) is 14.4. The smallest absolute Gasteiger partial charge is 0.234 e. The lowest BCUT2D eigenvalue weighted by Gasteiger charge is -2.15. The Balaban J connectivity index is 1.82. The topological polar surface area (TPSA) is 64.3 Å². The highest BCUT2D eigenvalue weighted by Crippen LogP contribution is 2.25. The molecule has 0 saturated carbocycles. The van der Waals surface area contributed by atoms with Gasteiger partial charge < -0.3 is 15.8 Å². The van der Waals surface area contributed by atoms with E-state index in [-0.39, 0.29) is 18.2 Å². The summed E-state index contributed by atoms with van der Waals surface area (Å²) in [5.41, 5.74) is 8.30. The maximum absolute atomic E-state index is 13.9. The Morgan fingerprint density at radius 2 is 1.80 bits per heavy atom. The molecule has 0 aliphatic carbocycles. The third-order valence-electron chi connectivity index (χ3n) is 4.79. The molecule has 0 spiro atoms. The first kappa shape index (κ1) is 21.5. The van der Waals surface area contributed by atoms with Gasteiger partial charge in [0, 0.05) is 18.5 Å². The lowest BCUT2D eigenvalue weighted by Crippen LogP contribution is -2.38. The molecule has 156 valence electrons. The minimum Gasteiger partial charge on any atom is -0.489 e. The van der Waals surface area contributed by atoms with Gasteiger partial charge in [0.05, 0.1) is 6.04 Å². The monoisotopic (exact) mass is 410 g/mol. The molecule has 0 aromatic heterocycles. The Kier molecular flexibility index (Phi) is 7.14. The average molecular weight is 410 g/mol. The zero-order valence-corrected chi connectivity index (χ0v) is 16.7. The summed E-state index contributed by atoms with van der Waals surface area (Å²) in [5, 5.41) is 3.06. The Bertz CT molecular complexity index is 1020. The number of nitrogens with two attached hydrogens (primary N) is 1. The Morgan fingerprint density at radius 3 is 2.53 bits per heavy atom. The van der Waals surface area contributed by atoms with Gasteiger partial charge in [0.2, 0.25) is 5.91 Å². The van der Waals surface area contributed by atoms with Gasteiger partial charge in [-0.2, -0.15) is 0 Å². The fourth-order valence-corrected chi connectivity index (χ4v) is 3.03. The minimum absolute atomic E-state index is 0.0825. The van der Waals surface area contributed by atoms with Gasteiger partial charge in [-0.05, 0) is 47.9 Å². The summed E-state index contributed by atoms with van der Waals surface area (Å²) in [6.45, 7) is 2.22. The molecule has 3 aromatic carbocycles. The summed E-state index contributed by atoms with van der Waals surface area (Å²) in [5.74, 6) is -0.478. The summed E-state index contributed by atoms with van der Waals surface area (Å²) >= 11 is 0. The van der Waals surface area contributed by atoms with Gasteiger partial charge in [0.1, 0.15) is 24.0 Å². The number of rotatable bonds is 9.